The average Bonchev–Trinajstić information content (AvgIpc) is 3.37. The molecule has 1 saturated carbocycles. The molecular formula is C16H17Cl2N3O2. The fourth-order valence-electron chi connectivity index (χ4n) is 2.08. The Hall–Kier alpha value is -1.72. The Labute approximate surface area is 144 Å². The minimum absolute atomic E-state index is 0.466. The van der Waals surface area contributed by atoms with E-state index >= 15 is 0 Å². The number of nitrogens with zero attached hydrogens (tertiary/aromatic N) is 2. The highest BCUT2D eigenvalue weighted by Crippen LogP contribution is 2.33. The highest BCUT2D eigenvalue weighted by molar-refractivity contribution is 6.38. The van der Waals surface area contributed by atoms with E-state index in [1.165, 1.54) is 12.8 Å². The van der Waals surface area contributed by atoms with E-state index < -0.39 is 0 Å². The van der Waals surface area contributed by atoms with Gasteiger partial charge in [0.1, 0.15) is 0 Å². The van der Waals surface area contributed by atoms with Crippen LogP contribution in [0.5, 0.6) is 11.5 Å². The van der Waals surface area contributed by atoms with Crippen LogP contribution in [0.4, 0.5) is 5.69 Å². The molecule has 23 heavy (non-hydrogen) atoms. The van der Waals surface area contributed by atoms with E-state index in [9.17, 15) is 0 Å². The molecule has 1 aliphatic rings. The average molecular weight is 354 g/mol. The van der Waals surface area contributed by atoms with E-state index in [0.717, 1.165) is 12.3 Å². The molecule has 2 aromatic heterocycles. The van der Waals surface area contributed by atoms with E-state index in [1.54, 1.807) is 25.7 Å². The zero-order valence-corrected chi connectivity index (χ0v) is 14.2. The van der Waals surface area contributed by atoms with Crippen molar-refractivity contribution >= 4 is 28.9 Å². The highest BCUT2D eigenvalue weighted by Gasteiger charge is 2.22. The predicted octanol–water partition coefficient (Wildman–Crippen LogP) is 4.19. The normalized spacial score (nSPS) is 13.7. The topological polar surface area (TPSA) is 56.3 Å². The molecule has 0 bridgehead atoms. The molecule has 0 spiro atoms. The molecule has 0 amide bonds. The van der Waals surface area contributed by atoms with Gasteiger partial charge in [0, 0.05) is 18.5 Å². The molecule has 0 atom stereocenters. The first-order valence-electron chi connectivity index (χ1n) is 7.36. The Morgan fingerprint density at radius 3 is 2.57 bits per heavy atom. The number of ether oxygens (including phenoxy) is 2. The van der Waals surface area contributed by atoms with Crippen molar-refractivity contribution in [2.45, 2.75) is 19.4 Å². The second kappa shape index (κ2) is 7.23. The first kappa shape index (κ1) is 16.1. The van der Waals surface area contributed by atoms with E-state index in [4.69, 9.17) is 32.7 Å². The minimum atomic E-state index is 0.466. The predicted molar refractivity (Wildman–Crippen MR) is 90.6 cm³/mol. The smallest absolute Gasteiger partial charge is 0.179 e. The summed E-state index contributed by atoms with van der Waals surface area (Å²) >= 11 is 12.2. The van der Waals surface area contributed by atoms with Crippen molar-refractivity contribution in [3.05, 3.63) is 40.4 Å². The number of halogens is 2. The molecule has 5 nitrogen and oxygen atoms in total. The zero-order valence-electron chi connectivity index (χ0n) is 12.7. The second-order valence-electron chi connectivity index (χ2n) is 5.41. The van der Waals surface area contributed by atoms with E-state index in [0.29, 0.717) is 39.7 Å². The fraction of sp³-hybridized carbons (Fsp3) is 0.375. The minimum Gasteiger partial charge on any atom is -0.491 e. The molecule has 1 aliphatic carbocycles. The molecule has 1 N–H and O–H groups in total. The summed E-state index contributed by atoms with van der Waals surface area (Å²) < 4.78 is 11.1. The first-order chi connectivity index (χ1) is 11.2. The van der Waals surface area contributed by atoms with E-state index in [1.807, 2.05) is 6.07 Å². The lowest BCUT2D eigenvalue weighted by Crippen LogP contribution is -2.06. The van der Waals surface area contributed by atoms with Crippen LogP contribution in [0.15, 0.2) is 24.7 Å². The molecule has 122 valence electrons. The molecule has 0 unspecified atom stereocenters. The number of hydrogen-bond acceptors (Lipinski definition) is 5. The summed E-state index contributed by atoms with van der Waals surface area (Å²) in [6, 6.07) is 1.87. The molecule has 0 radical (unpaired) electrons. The number of methoxy groups -OCH3 is 1. The van der Waals surface area contributed by atoms with Crippen molar-refractivity contribution < 1.29 is 9.47 Å². The van der Waals surface area contributed by atoms with E-state index in [2.05, 4.69) is 15.3 Å². The molecule has 0 aromatic carbocycles. The summed E-state index contributed by atoms with van der Waals surface area (Å²) in [7, 11) is 1.61. The number of nitrogens with one attached hydrogen (secondary N) is 1. The molecular weight excluding hydrogens is 337 g/mol. The van der Waals surface area contributed by atoms with Crippen LogP contribution in [0.25, 0.3) is 0 Å². The standard InChI is InChI=1S/C16H17Cl2N3O2/c1-22-15-8-20-11(4-14(15)23-9-10-2-3-10)5-21-16-12(17)6-19-7-13(16)18/h4,6-8,10H,2-3,5,9H2,1H3,(H,19,21). The lowest BCUT2D eigenvalue weighted by atomic mass is 10.3. The van der Waals surface area contributed by atoms with Crippen LogP contribution >= 0.6 is 23.2 Å². The largest absolute Gasteiger partial charge is 0.491 e. The summed E-state index contributed by atoms with van der Waals surface area (Å²) in [5.41, 5.74) is 1.45. The van der Waals surface area contributed by atoms with E-state index in [-0.39, 0.29) is 0 Å². The van der Waals surface area contributed by atoms with Crippen molar-refractivity contribution in [1.82, 2.24) is 9.97 Å². The van der Waals surface area contributed by atoms with Crippen molar-refractivity contribution in [2.75, 3.05) is 19.0 Å². The second-order valence-corrected chi connectivity index (χ2v) is 6.23. The van der Waals surface area contributed by atoms with Gasteiger partial charge >= 0.3 is 0 Å². The number of hydrogen-bond donors (Lipinski definition) is 1. The van der Waals surface area contributed by atoms with Gasteiger partial charge in [-0.25, -0.2) is 0 Å². The number of rotatable bonds is 7. The maximum absolute atomic E-state index is 6.09. The van der Waals surface area contributed by atoms with Gasteiger partial charge in [-0.2, -0.15) is 0 Å². The summed E-state index contributed by atoms with van der Waals surface area (Å²) in [4.78, 5) is 8.28. The maximum Gasteiger partial charge on any atom is 0.179 e. The van der Waals surface area contributed by atoms with Crippen LogP contribution in [0.1, 0.15) is 18.5 Å². The number of anilines is 1. The van der Waals surface area contributed by atoms with Crippen LogP contribution in [-0.4, -0.2) is 23.7 Å². The van der Waals surface area contributed by atoms with Crippen LogP contribution in [-0.2, 0) is 6.54 Å². The van der Waals surface area contributed by atoms with Crippen LogP contribution < -0.4 is 14.8 Å². The van der Waals surface area contributed by atoms with Gasteiger partial charge in [0.15, 0.2) is 11.5 Å². The molecule has 0 saturated heterocycles. The molecule has 3 rings (SSSR count). The number of pyridine rings is 2. The fourth-order valence-corrected chi connectivity index (χ4v) is 2.58. The highest BCUT2D eigenvalue weighted by atomic mass is 35.5. The Morgan fingerprint density at radius 1 is 1.17 bits per heavy atom. The molecule has 0 aliphatic heterocycles. The van der Waals surface area contributed by atoms with Crippen molar-refractivity contribution in [3.8, 4) is 11.5 Å². The van der Waals surface area contributed by atoms with Crippen molar-refractivity contribution in [2.24, 2.45) is 5.92 Å². The summed E-state index contributed by atoms with van der Waals surface area (Å²) in [6.07, 6.45) is 7.22. The number of aromatic nitrogens is 2. The maximum atomic E-state index is 6.09. The molecule has 1 fully saturated rings. The molecule has 2 aromatic rings. The zero-order chi connectivity index (χ0) is 16.2. The Morgan fingerprint density at radius 2 is 1.91 bits per heavy atom. The summed E-state index contributed by atoms with van der Waals surface area (Å²) in [5, 5.41) is 4.11. The third-order valence-corrected chi connectivity index (χ3v) is 4.15. The lowest BCUT2D eigenvalue weighted by molar-refractivity contribution is 0.279. The summed E-state index contributed by atoms with van der Waals surface area (Å²) in [6.45, 7) is 1.18. The molecule has 2 heterocycles. The van der Waals surface area contributed by atoms with Crippen molar-refractivity contribution in [3.63, 3.8) is 0 Å². The monoisotopic (exact) mass is 353 g/mol. The van der Waals surface area contributed by atoms with Gasteiger partial charge in [-0.15, -0.1) is 0 Å². The van der Waals surface area contributed by atoms with Gasteiger partial charge in [-0.05, 0) is 18.8 Å². The van der Waals surface area contributed by atoms with Gasteiger partial charge in [0.05, 0.1) is 47.9 Å². The third kappa shape index (κ3) is 4.18. The first-order valence-corrected chi connectivity index (χ1v) is 8.11. The Kier molecular flexibility index (Phi) is 5.08. The van der Waals surface area contributed by atoms with Gasteiger partial charge in [-0.3, -0.25) is 9.97 Å². The van der Waals surface area contributed by atoms with Gasteiger partial charge < -0.3 is 14.8 Å². The quantitative estimate of drug-likeness (QED) is 0.808. The lowest BCUT2D eigenvalue weighted by Gasteiger charge is -2.13. The van der Waals surface area contributed by atoms with Gasteiger partial charge in [0.25, 0.3) is 0 Å². The van der Waals surface area contributed by atoms with Crippen LogP contribution in [0.3, 0.4) is 0 Å². The Bertz CT molecular complexity index is 673. The molecule has 7 heteroatoms. The van der Waals surface area contributed by atoms with Gasteiger partial charge in [-0.1, -0.05) is 23.2 Å². The van der Waals surface area contributed by atoms with Crippen LogP contribution in [0.2, 0.25) is 10.0 Å². The summed E-state index contributed by atoms with van der Waals surface area (Å²) in [5.74, 6) is 2.01. The van der Waals surface area contributed by atoms with Crippen molar-refractivity contribution in [1.29, 1.82) is 0 Å². The SMILES string of the molecule is COc1cnc(CNc2c(Cl)cncc2Cl)cc1OCC1CC1. The van der Waals surface area contributed by atoms with Gasteiger partial charge in [0.2, 0.25) is 0 Å². The Balaban J connectivity index is 1.70. The van der Waals surface area contributed by atoms with Crippen LogP contribution in [0, 0.1) is 5.92 Å². The third-order valence-electron chi connectivity index (χ3n) is 3.58.